The predicted octanol–water partition coefficient (Wildman–Crippen LogP) is 3.82. The highest BCUT2D eigenvalue weighted by Gasteiger charge is 2.99. The Balaban J connectivity index is 1.57. The number of rotatable bonds is 9. The summed E-state index contributed by atoms with van der Waals surface area (Å²) in [7, 11) is 0. The van der Waals surface area contributed by atoms with E-state index in [0.29, 0.717) is 29.8 Å². The Hall–Kier alpha value is -3.60. The summed E-state index contributed by atoms with van der Waals surface area (Å²) in [5, 5.41) is 36.0. The van der Waals surface area contributed by atoms with Crippen molar-refractivity contribution in [2.75, 3.05) is 11.9 Å². The van der Waals surface area contributed by atoms with Crippen LogP contribution in [0.2, 0.25) is 0 Å². The zero-order valence-electron chi connectivity index (χ0n) is 23.6. The quantitative estimate of drug-likeness (QED) is 0.285. The second-order valence-corrected chi connectivity index (χ2v) is 11.7. The van der Waals surface area contributed by atoms with Crippen molar-refractivity contribution in [3.8, 4) is 0 Å². The molecule has 0 spiro atoms. The maximum atomic E-state index is 14.7. The number of aliphatic carboxylic acids is 1. The number of amides is 1. The normalized spacial score (nSPS) is 32.5. The monoisotopic (exact) mass is 572 g/mol. The van der Waals surface area contributed by atoms with Crippen LogP contribution in [0.3, 0.4) is 0 Å². The van der Waals surface area contributed by atoms with Gasteiger partial charge in [0, 0.05) is 24.2 Å². The van der Waals surface area contributed by atoms with Gasteiger partial charge in [-0.3, -0.25) is 9.59 Å². The number of epoxide rings is 1. The minimum atomic E-state index is -1.82. The number of carboxylic acid groups (broad SMARTS) is 1. The number of fused-ring (bicyclic) bond motifs is 3. The molecule has 9 heteroatoms. The molecule has 3 aromatic carbocycles. The summed E-state index contributed by atoms with van der Waals surface area (Å²) < 4.78 is 13.7. The molecule has 0 aromatic heterocycles. The van der Waals surface area contributed by atoms with Crippen LogP contribution in [-0.4, -0.2) is 62.2 Å². The van der Waals surface area contributed by atoms with Crippen molar-refractivity contribution in [3.05, 3.63) is 102 Å². The molecule has 6 rings (SSSR count). The van der Waals surface area contributed by atoms with Crippen molar-refractivity contribution in [3.63, 3.8) is 0 Å². The molecule has 3 aliphatic heterocycles. The molecule has 42 heavy (non-hydrogen) atoms. The number of hydrogen-bond acceptors (Lipinski definition) is 7. The number of hydrogen-bond donors (Lipinski definition) is 4. The summed E-state index contributed by atoms with van der Waals surface area (Å²) in [4.78, 5) is 27.9. The van der Waals surface area contributed by atoms with E-state index in [1.165, 1.54) is 0 Å². The van der Waals surface area contributed by atoms with Gasteiger partial charge in [-0.15, -0.1) is 0 Å². The summed E-state index contributed by atoms with van der Waals surface area (Å²) in [6.45, 7) is 4.16. The third-order valence-electron chi connectivity index (χ3n) is 9.00. The number of anilines is 1. The fraction of sp³-hybridized carbons (Fsp3) is 0.394. The van der Waals surface area contributed by atoms with Gasteiger partial charge in [-0.1, -0.05) is 92.7 Å². The van der Waals surface area contributed by atoms with Crippen LogP contribution in [0.1, 0.15) is 44.2 Å². The minimum Gasteiger partial charge on any atom is -0.481 e. The number of carbonyl (C=O) groups excluding carboxylic acids is 1. The van der Waals surface area contributed by atoms with Crippen LogP contribution in [0.5, 0.6) is 0 Å². The average Bonchev–Trinajstić information content (AvgIpc) is 3.67. The highest BCUT2D eigenvalue weighted by molar-refractivity contribution is 6.03. The first-order chi connectivity index (χ1) is 20.1. The maximum Gasteiger partial charge on any atom is 0.305 e. The number of benzene rings is 3. The first-order valence-corrected chi connectivity index (χ1v) is 14.4. The molecular weight excluding hydrogens is 536 g/mol. The number of nitrogens with one attached hydrogen (secondary N) is 1. The van der Waals surface area contributed by atoms with Gasteiger partial charge in [-0.25, -0.2) is 4.90 Å². The number of para-hydroxylation sites is 1. The van der Waals surface area contributed by atoms with E-state index < -0.39 is 53.2 Å². The standard InChI is InChI=1S/C33H36N2O7/c1-22(2)33-31(29(39)34-25-16-10-5-11-17-25)30(42-31,23-12-6-3-7-13-23)32(40,24-14-8-4-9-15-24)35(33)19-18-27(41-33)20-26(36)21-28(37)38/h3-17,22,26-27,36,40H,18-21H2,1-2H3,(H,34,39)(H,37,38)/t26-,27?,30?,31?,32?,33?/m1/s1. The number of carbonyl (C=O) groups is 2. The second kappa shape index (κ2) is 10.3. The molecule has 0 saturated carbocycles. The topological polar surface area (TPSA) is 132 Å². The van der Waals surface area contributed by atoms with Gasteiger partial charge in [-0.05, 0) is 30.0 Å². The summed E-state index contributed by atoms with van der Waals surface area (Å²) in [6.07, 6.45) is -1.67. The van der Waals surface area contributed by atoms with Crippen molar-refractivity contribution >= 4 is 17.6 Å². The van der Waals surface area contributed by atoms with Gasteiger partial charge in [-0.2, -0.15) is 0 Å². The van der Waals surface area contributed by atoms with Gasteiger partial charge in [0.2, 0.25) is 5.60 Å². The predicted molar refractivity (Wildman–Crippen MR) is 154 cm³/mol. The van der Waals surface area contributed by atoms with E-state index in [2.05, 4.69) is 5.32 Å². The van der Waals surface area contributed by atoms with Gasteiger partial charge < -0.3 is 30.1 Å². The second-order valence-electron chi connectivity index (χ2n) is 11.7. The molecular formula is C33H36N2O7. The zero-order chi connectivity index (χ0) is 29.8. The van der Waals surface area contributed by atoms with Crippen LogP contribution in [0.15, 0.2) is 91.0 Å². The largest absolute Gasteiger partial charge is 0.481 e. The first-order valence-electron chi connectivity index (χ1n) is 14.4. The van der Waals surface area contributed by atoms with Crippen molar-refractivity contribution in [1.82, 2.24) is 4.90 Å². The lowest BCUT2D eigenvalue weighted by molar-refractivity contribution is -0.327. The molecule has 0 radical (unpaired) electrons. The molecule has 6 atom stereocenters. The van der Waals surface area contributed by atoms with E-state index in [-0.39, 0.29) is 12.3 Å². The molecule has 3 saturated heterocycles. The molecule has 3 aliphatic rings. The Labute approximate surface area is 244 Å². The van der Waals surface area contributed by atoms with Gasteiger partial charge in [0.1, 0.15) is 0 Å². The Morgan fingerprint density at radius 1 is 0.952 bits per heavy atom. The van der Waals surface area contributed by atoms with Gasteiger partial charge in [0.25, 0.3) is 5.91 Å². The highest BCUT2D eigenvalue weighted by Crippen LogP contribution is 2.79. The smallest absolute Gasteiger partial charge is 0.305 e. The van der Waals surface area contributed by atoms with E-state index in [4.69, 9.17) is 9.47 Å². The average molecular weight is 573 g/mol. The number of aliphatic hydroxyl groups excluding tert-OH is 1. The fourth-order valence-electron chi connectivity index (χ4n) is 7.41. The van der Waals surface area contributed by atoms with Gasteiger partial charge >= 0.3 is 5.97 Å². The zero-order valence-corrected chi connectivity index (χ0v) is 23.6. The SMILES string of the molecule is CC(C)C12OC(C[C@@H](O)CC(=O)O)CCN1C(O)(c1ccccc1)C1(c3ccccc3)OC21C(=O)Nc1ccccc1. The van der Waals surface area contributed by atoms with Crippen LogP contribution in [0.4, 0.5) is 5.69 Å². The Morgan fingerprint density at radius 2 is 1.52 bits per heavy atom. The maximum absolute atomic E-state index is 14.7. The third-order valence-corrected chi connectivity index (χ3v) is 9.00. The van der Waals surface area contributed by atoms with E-state index in [0.717, 1.165) is 0 Å². The molecule has 5 unspecified atom stereocenters. The molecule has 1 amide bonds. The summed E-state index contributed by atoms with van der Waals surface area (Å²) in [6, 6.07) is 27.5. The number of nitrogens with zero attached hydrogens (tertiary/aromatic N) is 1. The molecule has 3 heterocycles. The van der Waals surface area contributed by atoms with Crippen LogP contribution in [-0.2, 0) is 30.4 Å². The fourth-order valence-corrected chi connectivity index (χ4v) is 7.41. The Kier molecular flexibility index (Phi) is 6.99. The first kappa shape index (κ1) is 28.5. The van der Waals surface area contributed by atoms with Crippen molar-refractivity contribution in [2.24, 2.45) is 5.92 Å². The Bertz CT molecular complexity index is 1450. The third kappa shape index (κ3) is 3.81. The van der Waals surface area contributed by atoms with E-state index in [1.54, 1.807) is 12.1 Å². The highest BCUT2D eigenvalue weighted by atomic mass is 16.7. The van der Waals surface area contributed by atoms with E-state index in [1.807, 2.05) is 97.6 Å². The van der Waals surface area contributed by atoms with Crippen LogP contribution < -0.4 is 5.32 Å². The van der Waals surface area contributed by atoms with E-state index >= 15 is 0 Å². The van der Waals surface area contributed by atoms with E-state index in [9.17, 15) is 24.9 Å². The molecule has 0 aliphatic carbocycles. The molecule has 4 N–H and O–H groups in total. The van der Waals surface area contributed by atoms with Crippen LogP contribution in [0, 0.1) is 5.92 Å². The number of carboxylic acids is 1. The van der Waals surface area contributed by atoms with Crippen LogP contribution in [0.25, 0.3) is 0 Å². The summed E-state index contributed by atoms with van der Waals surface area (Å²) >= 11 is 0. The van der Waals surface area contributed by atoms with Gasteiger partial charge in [0.15, 0.2) is 17.1 Å². The molecule has 0 bridgehead atoms. The van der Waals surface area contributed by atoms with Crippen molar-refractivity contribution in [1.29, 1.82) is 0 Å². The lowest BCUT2D eigenvalue weighted by atomic mass is 9.73. The molecule has 3 fully saturated rings. The lowest BCUT2D eigenvalue weighted by Gasteiger charge is -2.55. The number of ether oxygens (including phenoxy) is 2. The minimum absolute atomic E-state index is 0.0626. The van der Waals surface area contributed by atoms with Crippen molar-refractivity contribution < 1.29 is 34.4 Å². The number of aliphatic hydroxyl groups is 2. The molecule has 220 valence electrons. The lowest BCUT2D eigenvalue weighted by Crippen LogP contribution is -2.70. The van der Waals surface area contributed by atoms with Crippen LogP contribution >= 0.6 is 0 Å². The summed E-state index contributed by atoms with van der Waals surface area (Å²) in [5.74, 6) is -1.96. The molecule has 9 nitrogen and oxygen atoms in total. The Morgan fingerprint density at radius 3 is 2.10 bits per heavy atom. The number of morpholine rings is 1. The summed E-state index contributed by atoms with van der Waals surface area (Å²) in [5.41, 5.74) is -4.83. The van der Waals surface area contributed by atoms with Gasteiger partial charge in [0.05, 0.1) is 18.6 Å². The molecule has 3 aromatic rings. The van der Waals surface area contributed by atoms with Crippen molar-refractivity contribution in [2.45, 2.75) is 68.0 Å².